The van der Waals surface area contributed by atoms with E-state index < -0.39 is 0 Å². The van der Waals surface area contributed by atoms with Gasteiger partial charge in [0.15, 0.2) is 0 Å². The van der Waals surface area contributed by atoms with Crippen LogP contribution in [0.2, 0.25) is 0 Å². The molecule has 0 unspecified atom stereocenters. The minimum atomic E-state index is -0.160. The molecule has 0 bridgehead atoms. The smallest absolute Gasteiger partial charge is 0.255 e. The summed E-state index contributed by atoms with van der Waals surface area (Å²) in [6, 6.07) is 14.5. The third-order valence-electron chi connectivity index (χ3n) is 7.78. The van der Waals surface area contributed by atoms with Crippen LogP contribution in [0, 0.1) is 12.3 Å². The number of piperidine rings is 1. The van der Waals surface area contributed by atoms with Gasteiger partial charge in [-0.1, -0.05) is 28.9 Å². The molecule has 1 N–H and O–H groups in total. The minimum Gasteiger partial charge on any atom is -0.492 e. The molecule has 3 aromatic rings. The van der Waals surface area contributed by atoms with Crippen LogP contribution in [0.3, 0.4) is 0 Å². The quantitative estimate of drug-likeness (QED) is 0.516. The third-order valence-corrected chi connectivity index (χ3v) is 7.78. The zero-order valence-electron chi connectivity index (χ0n) is 22.9. The van der Waals surface area contributed by atoms with Gasteiger partial charge in [-0.2, -0.15) is 0 Å². The molecular formula is C30H36N4O6. The Morgan fingerprint density at radius 2 is 1.82 bits per heavy atom. The lowest BCUT2D eigenvalue weighted by atomic mass is 9.75. The van der Waals surface area contributed by atoms with E-state index in [0.29, 0.717) is 73.5 Å². The van der Waals surface area contributed by atoms with Gasteiger partial charge >= 0.3 is 0 Å². The molecule has 40 heavy (non-hydrogen) atoms. The van der Waals surface area contributed by atoms with Gasteiger partial charge in [-0.25, -0.2) is 4.63 Å². The lowest BCUT2D eigenvalue weighted by molar-refractivity contribution is 0.0341. The van der Waals surface area contributed by atoms with Crippen molar-refractivity contribution in [3.8, 4) is 11.5 Å². The largest absolute Gasteiger partial charge is 0.492 e. The van der Waals surface area contributed by atoms with E-state index in [2.05, 4.69) is 15.6 Å². The summed E-state index contributed by atoms with van der Waals surface area (Å²) in [7, 11) is 0. The summed E-state index contributed by atoms with van der Waals surface area (Å²) in [5.74, 6) is 1.09. The van der Waals surface area contributed by atoms with E-state index in [0.717, 1.165) is 32.1 Å². The Bertz CT molecular complexity index is 1280. The second-order valence-electron chi connectivity index (χ2n) is 10.5. The summed E-state index contributed by atoms with van der Waals surface area (Å²) in [6.07, 6.45) is 4.63. The van der Waals surface area contributed by atoms with Crippen molar-refractivity contribution in [3.05, 3.63) is 71.0 Å². The van der Waals surface area contributed by atoms with Crippen LogP contribution in [-0.4, -0.2) is 66.5 Å². The molecule has 2 aliphatic rings. The van der Waals surface area contributed by atoms with Crippen molar-refractivity contribution in [2.24, 2.45) is 5.41 Å². The molecule has 0 radical (unpaired) electrons. The summed E-state index contributed by atoms with van der Waals surface area (Å²) < 4.78 is 22.5. The lowest BCUT2D eigenvalue weighted by Crippen LogP contribution is -2.45. The molecule has 1 aromatic heterocycles. The number of fused-ring (bicyclic) bond motifs is 1. The highest BCUT2D eigenvalue weighted by molar-refractivity contribution is 5.97. The molecule has 2 amide bonds. The van der Waals surface area contributed by atoms with Crippen molar-refractivity contribution in [2.45, 2.75) is 45.6 Å². The number of benzene rings is 2. The average molecular weight is 549 g/mol. The molecule has 5 rings (SSSR count). The number of carbonyl (C=O) groups is 2. The number of rotatable bonds is 4. The van der Waals surface area contributed by atoms with Crippen LogP contribution < -0.4 is 14.8 Å². The molecule has 1 fully saturated rings. The van der Waals surface area contributed by atoms with Crippen LogP contribution >= 0.6 is 0 Å². The van der Waals surface area contributed by atoms with Crippen LogP contribution in [0.15, 0.2) is 53.2 Å². The highest BCUT2D eigenvalue weighted by atomic mass is 16.6. The molecule has 2 aromatic carbocycles. The summed E-state index contributed by atoms with van der Waals surface area (Å²) >= 11 is 0. The Balaban J connectivity index is 1.21. The number of ether oxygens (including phenoxy) is 3. The fourth-order valence-corrected chi connectivity index (χ4v) is 5.21. The number of hydrogen-bond acceptors (Lipinski definition) is 8. The summed E-state index contributed by atoms with van der Waals surface area (Å²) in [5, 5.41) is 10.5. The summed E-state index contributed by atoms with van der Waals surface area (Å²) in [4.78, 5) is 27.9. The van der Waals surface area contributed by atoms with Gasteiger partial charge in [-0.15, -0.1) is 0 Å². The monoisotopic (exact) mass is 548 g/mol. The predicted molar refractivity (Wildman–Crippen MR) is 146 cm³/mol. The molecule has 0 atom stereocenters. The number of aryl methyl sites for hydroxylation is 1. The number of carbonyl (C=O) groups excluding carboxylic acids is 2. The number of nitrogens with one attached hydrogen (secondary N) is 1. The van der Waals surface area contributed by atoms with Crippen molar-refractivity contribution >= 4 is 11.8 Å². The zero-order valence-corrected chi connectivity index (χ0v) is 22.9. The van der Waals surface area contributed by atoms with Gasteiger partial charge < -0.3 is 24.4 Å². The first-order chi connectivity index (χ1) is 19.5. The number of amides is 2. The van der Waals surface area contributed by atoms with Crippen molar-refractivity contribution in [3.63, 3.8) is 0 Å². The Labute approximate surface area is 233 Å². The molecule has 1 spiro atoms. The first-order valence-electron chi connectivity index (χ1n) is 13.9. The van der Waals surface area contributed by atoms with E-state index in [4.69, 9.17) is 18.8 Å². The molecule has 2 aliphatic heterocycles. The summed E-state index contributed by atoms with van der Waals surface area (Å²) in [5.41, 5.74) is 2.42. The first-order valence-corrected chi connectivity index (χ1v) is 13.9. The van der Waals surface area contributed by atoms with E-state index in [9.17, 15) is 9.59 Å². The maximum absolute atomic E-state index is 13.3. The van der Waals surface area contributed by atoms with Crippen molar-refractivity contribution in [1.29, 1.82) is 0 Å². The number of aromatic nitrogens is 2. The predicted octanol–water partition coefficient (Wildman–Crippen LogP) is 4.19. The molecular weight excluding hydrogens is 512 g/mol. The van der Waals surface area contributed by atoms with Gasteiger partial charge in [-0.05, 0) is 69.0 Å². The molecule has 0 saturated carbocycles. The van der Waals surface area contributed by atoms with Crippen LogP contribution in [0.1, 0.15) is 64.2 Å². The standard InChI is InChI=1S/C30H36N4O6/c1-22-26(33-40-32-22)20-38-24-10-8-23(9-11-24)29(36)34-16-13-30(14-17-34)12-4-5-18-37-19-15-31-28(35)25-6-2-3-7-27(25)39-21-30/h2-3,6-11H,4-5,12-21H2,1H3,(H,31,35). The van der Waals surface area contributed by atoms with Crippen LogP contribution in [-0.2, 0) is 11.3 Å². The highest BCUT2D eigenvalue weighted by Gasteiger charge is 2.37. The lowest BCUT2D eigenvalue weighted by Gasteiger charge is -2.42. The Morgan fingerprint density at radius 3 is 2.60 bits per heavy atom. The SMILES string of the molecule is Cc1nonc1COc1ccc(C(=O)N2CCC3(CCCCOCCNC(=O)c4ccccc4OC3)CC2)cc1. The first kappa shape index (κ1) is 27.6. The second-order valence-corrected chi connectivity index (χ2v) is 10.5. The Kier molecular flexibility index (Phi) is 8.95. The number of hydrogen-bond donors (Lipinski definition) is 1. The number of nitrogens with zero attached hydrogens (tertiary/aromatic N) is 3. The maximum Gasteiger partial charge on any atom is 0.255 e. The molecule has 3 heterocycles. The maximum atomic E-state index is 13.3. The fraction of sp³-hybridized carbons (Fsp3) is 0.467. The van der Waals surface area contributed by atoms with E-state index in [-0.39, 0.29) is 23.8 Å². The second kappa shape index (κ2) is 13.0. The van der Waals surface area contributed by atoms with Crippen molar-refractivity contribution in [2.75, 3.05) is 39.5 Å². The van der Waals surface area contributed by atoms with E-state index >= 15 is 0 Å². The van der Waals surface area contributed by atoms with E-state index in [1.165, 1.54) is 0 Å². The van der Waals surface area contributed by atoms with E-state index in [1.807, 2.05) is 30.0 Å². The summed E-state index contributed by atoms with van der Waals surface area (Å²) in [6.45, 7) is 5.49. The Hall–Kier alpha value is -3.92. The van der Waals surface area contributed by atoms with Crippen LogP contribution in [0.25, 0.3) is 0 Å². The van der Waals surface area contributed by atoms with Gasteiger partial charge in [0.2, 0.25) is 0 Å². The van der Waals surface area contributed by atoms with Gasteiger partial charge in [0.05, 0.1) is 18.8 Å². The molecule has 10 heteroatoms. The normalized spacial score (nSPS) is 18.2. The average Bonchev–Trinajstić information content (AvgIpc) is 3.40. The van der Waals surface area contributed by atoms with Crippen LogP contribution in [0.5, 0.6) is 11.5 Å². The molecule has 0 aliphatic carbocycles. The molecule has 10 nitrogen and oxygen atoms in total. The highest BCUT2D eigenvalue weighted by Crippen LogP contribution is 2.38. The Morgan fingerprint density at radius 1 is 1.02 bits per heavy atom. The molecule has 212 valence electrons. The van der Waals surface area contributed by atoms with Crippen molar-refractivity contribution in [1.82, 2.24) is 20.5 Å². The van der Waals surface area contributed by atoms with Crippen LogP contribution in [0.4, 0.5) is 0 Å². The van der Waals surface area contributed by atoms with Crippen molar-refractivity contribution < 1.29 is 28.4 Å². The third kappa shape index (κ3) is 6.80. The topological polar surface area (TPSA) is 116 Å². The van der Waals surface area contributed by atoms with E-state index in [1.54, 1.807) is 30.3 Å². The van der Waals surface area contributed by atoms with Gasteiger partial charge in [0.1, 0.15) is 29.5 Å². The number of likely N-dealkylation sites (tertiary alicyclic amines) is 1. The minimum absolute atomic E-state index is 0.00942. The molecule has 1 saturated heterocycles. The van der Waals surface area contributed by atoms with Gasteiger partial charge in [-0.3, -0.25) is 9.59 Å². The van der Waals surface area contributed by atoms with Gasteiger partial charge in [0.25, 0.3) is 11.8 Å². The fourth-order valence-electron chi connectivity index (χ4n) is 5.21. The number of para-hydroxylation sites is 1. The zero-order chi connectivity index (χ0) is 27.8. The van der Waals surface area contributed by atoms with Gasteiger partial charge in [0, 0.05) is 37.2 Å².